The van der Waals surface area contributed by atoms with Crippen molar-refractivity contribution in [2.24, 2.45) is 0 Å². The van der Waals surface area contributed by atoms with Crippen LogP contribution >= 0.6 is 0 Å². The Morgan fingerprint density at radius 2 is 1.71 bits per heavy atom. The third-order valence-electron chi connectivity index (χ3n) is 3.04. The fourth-order valence-corrected chi connectivity index (χ4v) is 1.61. The molecule has 0 unspecified atom stereocenters. The first-order chi connectivity index (χ1) is 7.38. The van der Waals surface area contributed by atoms with E-state index in [1.54, 1.807) is 0 Å². The molecule has 0 amide bonds. The van der Waals surface area contributed by atoms with Crippen molar-refractivity contribution in [3.8, 4) is 11.5 Å². The minimum absolute atomic E-state index is 0.0291. The van der Waals surface area contributed by atoms with Gasteiger partial charge in [0.2, 0.25) is 5.67 Å². The van der Waals surface area contributed by atoms with E-state index >= 15 is 0 Å². The topological polar surface area (TPSA) is 26.3 Å². The molecule has 0 aromatic rings. The molecule has 17 heavy (non-hydrogen) atoms. The number of alkyl halides is 1. The molecule has 0 radical (unpaired) electrons. The average molecular weight is 258 g/mol. The van der Waals surface area contributed by atoms with E-state index in [4.69, 9.17) is 4.74 Å². The van der Waals surface area contributed by atoms with Gasteiger partial charge in [-0.2, -0.15) is 0 Å². The monoisotopic (exact) mass is 258 g/mol. The van der Waals surface area contributed by atoms with Crippen molar-refractivity contribution in [2.75, 3.05) is 6.61 Å². The Kier molecular flexibility index (Phi) is 4.97. The van der Waals surface area contributed by atoms with Crippen LogP contribution in [0.25, 0.3) is 0 Å². The van der Waals surface area contributed by atoms with Crippen LogP contribution in [0.2, 0.25) is 18.1 Å². The molecule has 0 aliphatic heterocycles. The largest absolute Gasteiger partial charge is 0.450 e. The molecule has 0 aliphatic rings. The Morgan fingerprint density at radius 1 is 1.24 bits per heavy atom. The molecule has 0 saturated carbocycles. The molecular formula is C13H23FO2Si. The van der Waals surface area contributed by atoms with Crippen LogP contribution < -0.4 is 0 Å². The lowest BCUT2D eigenvalue weighted by atomic mass is 10.2. The van der Waals surface area contributed by atoms with Gasteiger partial charge in [0.1, 0.15) is 8.07 Å². The number of rotatable bonds is 2. The quantitative estimate of drug-likeness (QED) is 0.431. The minimum Gasteiger partial charge on any atom is -0.450 e. The predicted octanol–water partition coefficient (Wildman–Crippen LogP) is 3.33. The summed E-state index contributed by atoms with van der Waals surface area (Å²) in [5.74, 6) is 1.98. The van der Waals surface area contributed by atoms with Gasteiger partial charge in [-0.25, -0.2) is 9.18 Å². The average Bonchev–Trinajstić information content (AvgIpc) is 2.08. The zero-order chi connectivity index (χ0) is 13.9. The van der Waals surface area contributed by atoms with Gasteiger partial charge in [-0.3, -0.25) is 0 Å². The fourth-order valence-electron chi connectivity index (χ4n) is 0.718. The molecular weight excluding hydrogens is 235 g/mol. The lowest BCUT2D eigenvalue weighted by molar-refractivity contribution is -0.153. The zero-order valence-electron chi connectivity index (χ0n) is 11.9. The smallest absolute Gasteiger partial charge is 0.344 e. The van der Waals surface area contributed by atoms with Crippen molar-refractivity contribution in [1.82, 2.24) is 0 Å². The number of ether oxygens (including phenoxy) is 1. The molecule has 0 spiro atoms. The second kappa shape index (κ2) is 5.22. The molecule has 0 rings (SSSR count). The molecule has 0 aromatic carbocycles. The summed E-state index contributed by atoms with van der Waals surface area (Å²) in [4.78, 5) is 11.1. The minimum atomic E-state index is -1.95. The van der Waals surface area contributed by atoms with Crippen LogP contribution in [-0.2, 0) is 9.53 Å². The Morgan fingerprint density at radius 3 is 2.06 bits per heavy atom. The Balaban J connectivity index is 4.39. The van der Waals surface area contributed by atoms with Gasteiger partial charge in [0.15, 0.2) is 6.61 Å². The summed E-state index contributed by atoms with van der Waals surface area (Å²) < 4.78 is 17.9. The van der Waals surface area contributed by atoms with Crippen LogP contribution in [0, 0.1) is 11.5 Å². The van der Waals surface area contributed by atoms with Gasteiger partial charge in [-0.15, -0.1) is 5.54 Å². The summed E-state index contributed by atoms with van der Waals surface area (Å²) in [6.07, 6.45) is 0. The Bertz CT molecular complexity index is 337. The van der Waals surface area contributed by atoms with Crippen LogP contribution in [0.4, 0.5) is 4.39 Å². The van der Waals surface area contributed by atoms with Gasteiger partial charge >= 0.3 is 5.97 Å². The van der Waals surface area contributed by atoms with E-state index < -0.39 is 19.7 Å². The molecule has 0 aromatic heterocycles. The molecule has 0 aliphatic carbocycles. The fraction of sp³-hybridized carbons (Fsp3) is 0.769. The van der Waals surface area contributed by atoms with Crippen molar-refractivity contribution < 1.29 is 13.9 Å². The van der Waals surface area contributed by atoms with Crippen molar-refractivity contribution >= 4 is 14.0 Å². The van der Waals surface area contributed by atoms with E-state index in [1.165, 1.54) is 13.8 Å². The number of hydrogen-bond donors (Lipinski definition) is 0. The van der Waals surface area contributed by atoms with Gasteiger partial charge in [-0.05, 0) is 18.9 Å². The van der Waals surface area contributed by atoms with Crippen molar-refractivity contribution in [2.45, 2.75) is 58.4 Å². The number of halogens is 1. The highest BCUT2D eigenvalue weighted by Crippen LogP contribution is 2.34. The number of hydrogen-bond acceptors (Lipinski definition) is 2. The van der Waals surface area contributed by atoms with Gasteiger partial charge in [-0.1, -0.05) is 39.8 Å². The summed E-state index contributed by atoms with van der Waals surface area (Å²) in [6, 6.07) is 0. The molecule has 0 N–H and O–H groups in total. The first-order valence-corrected chi connectivity index (χ1v) is 8.74. The SMILES string of the molecule is CC(C)(F)C(=O)OCC#C[Si](C)(C)C(C)(C)C. The van der Waals surface area contributed by atoms with E-state index in [2.05, 4.69) is 45.3 Å². The molecule has 2 nitrogen and oxygen atoms in total. The molecule has 4 heteroatoms. The van der Waals surface area contributed by atoms with Crippen LogP contribution in [0.3, 0.4) is 0 Å². The van der Waals surface area contributed by atoms with E-state index in [9.17, 15) is 9.18 Å². The summed E-state index contributed by atoms with van der Waals surface area (Å²) in [6.45, 7) is 13.1. The summed E-state index contributed by atoms with van der Waals surface area (Å²) >= 11 is 0. The lowest BCUT2D eigenvalue weighted by Crippen LogP contribution is -2.35. The number of carbonyl (C=O) groups excluding carboxylic acids is 1. The zero-order valence-corrected chi connectivity index (χ0v) is 12.9. The van der Waals surface area contributed by atoms with E-state index in [1.807, 2.05) is 0 Å². The first-order valence-electron chi connectivity index (χ1n) is 5.74. The molecule has 0 atom stereocenters. The third kappa shape index (κ3) is 5.36. The Hall–Kier alpha value is -0.823. The molecule has 0 saturated heterocycles. The second-order valence-corrected chi connectivity index (χ2v) is 11.2. The predicted molar refractivity (Wildman–Crippen MR) is 71.1 cm³/mol. The van der Waals surface area contributed by atoms with Gasteiger partial charge in [0, 0.05) is 0 Å². The van der Waals surface area contributed by atoms with Crippen molar-refractivity contribution in [1.29, 1.82) is 0 Å². The van der Waals surface area contributed by atoms with Crippen LogP contribution in [0.1, 0.15) is 34.6 Å². The summed E-state index contributed by atoms with van der Waals surface area (Å²) in [5, 5.41) is 0.170. The summed E-state index contributed by atoms with van der Waals surface area (Å²) in [7, 11) is -1.67. The Labute approximate surface area is 105 Å². The highest BCUT2D eigenvalue weighted by atomic mass is 28.3. The lowest BCUT2D eigenvalue weighted by Gasteiger charge is -2.31. The maximum atomic E-state index is 13.1. The van der Waals surface area contributed by atoms with Crippen LogP contribution in [-0.4, -0.2) is 26.3 Å². The van der Waals surface area contributed by atoms with Gasteiger partial charge in [0.25, 0.3) is 0 Å². The summed E-state index contributed by atoms with van der Waals surface area (Å²) in [5.41, 5.74) is 1.25. The van der Waals surface area contributed by atoms with Gasteiger partial charge in [0.05, 0.1) is 0 Å². The highest BCUT2D eigenvalue weighted by Gasteiger charge is 2.33. The van der Waals surface area contributed by atoms with Crippen molar-refractivity contribution in [3.05, 3.63) is 0 Å². The van der Waals surface area contributed by atoms with E-state index in [-0.39, 0.29) is 11.6 Å². The van der Waals surface area contributed by atoms with Crippen LogP contribution in [0.5, 0.6) is 0 Å². The molecule has 0 fully saturated rings. The first kappa shape index (κ1) is 16.2. The maximum absolute atomic E-state index is 13.1. The number of esters is 1. The van der Waals surface area contributed by atoms with Crippen molar-refractivity contribution in [3.63, 3.8) is 0 Å². The maximum Gasteiger partial charge on any atom is 0.344 e. The third-order valence-corrected chi connectivity index (χ3v) is 7.59. The van der Waals surface area contributed by atoms with E-state index in [0.29, 0.717) is 0 Å². The second-order valence-electron chi connectivity index (χ2n) is 6.23. The van der Waals surface area contributed by atoms with Gasteiger partial charge < -0.3 is 4.74 Å². The molecule has 0 bridgehead atoms. The highest BCUT2D eigenvalue weighted by molar-refractivity contribution is 6.87. The van der Waals surface area contributed by atoms with Crippen LogP contribution in [0.15, 0.2) is 0 Å². The molecule has 0 heterocycles. The number of carbonyl (C=O) groups is 1. The molecule has 98 valence electrons. The van der Waals surface area contributed by atoms with E-state index in [0.717, 1.165) is 0 Å². The standard InChI is InChI=1S/C13H23FO2Si/c1-12(2,3)17(6,7)10-8-9-16-11(15)13(4,5)14/h9H2,1-7H3. The normalized spacial score (nSPS) is 12.7.